The van der Waals surface area contributed by atoms with E-state index in [9.17, 15) is 13.5 Å². The van der Waals surface area contributed by atoms with Crippen LogP contribution in [0, 0.1) is 12.3 Å². The number of sulfonamides is 1. The number of terminal acetylenes is 1. The fraction of sp³-hybridized carbons (Fsp3) is 0.250. The van der Waals surface area contributed by atoms with Gasteiger partial charge in [0, 0.05) is 36.0 Å². The van der Waals surface area contributed by atoms with Crippen LogP contribution in [-0.4, -0.2) is 46.8 Å². The van der Waals surface area contributed by atoms with Crippen molar-refractivity contribution in [2.45, 2.75) is 23.7 Å². The molecule has 1 aliphatic carbocycles. The summed E-state index contributed by atoms with van der Waals surface area (Å²) in [5.41, 5.74) is 1.92. The second-order valence-electron chi connectivity index (χ2n) is 6.98. The largest absolute Gasteiger partial charge is 0.395 e. The van der Waals surface area contributed by atoms with Gasteiger partial charge in [-0.25, -0.2) is 23.5 Å². The van der Waals surface area contributed by atoms with Crippen molar-refractivity contribution < 1.29 is 13.5 Å². The van der Waals surface area contributed by atoms with E-state index in [4.69, 9.17) is 11.6 Å². The van der Waals surface area contributed by atoms with E-state index in [-0.39, 0.29) is 23.9 Å². The molecule has 1 fully saturated rings. The summed E-state index contributed by atoms with van der Waals surface area (Å²) in [6.45, 7) is 0.0766. The van der Waals surface area contributed by atoms with Crippen molar-refractivity contribution in [2.75, 3.05) is 18.1 Å². The number of benzene rings is 1. The van der Waals surface area contributed by atoms with Crippen molar-refractivity contribution >= 4 is 21.7 Å². The molecule has 2 heterocycles. The second kappa shape index (κ2) is 7.87. The SMILES string of the molecule is C#Cc1cnc(-c2cccc(S(N)(=O)=O)c2)nc1N(CCO)c1cc(C2CC2)[nH]n1. The molecule has 0 bridgehead atoms. The minimum atomic E-state index is -3.87. The monoisotopic (exact) mass is 424 g/mol. The number of rotatable bonds is 7. The fourth-order valence-electron chi connectivity index (χ4n) is 3.13. The Hall–Kier alpha value is -3.26. The number of hydrogen-bond donors (Lipinski definition) is 3. The molecule has 4 N–H and O–H groups in total. The van der Waals surface area contributed by atoms with E-state index in [1.54, 1.807) is 17.0 Å². The number of H-pyrrole nitrogens is 1. The number of hydrogen-bond acceptors (Lipinski definition) is 7. The van der Waals surface area contributed by atoms with Gasteiger partial charge in [0.1, 0.15) is 0 Å². The smallest absolute Gasteiger partial charge is 0.238 e. The summed E-state index contributed by atoms with van der Waals surface area (Å²) < 4.78 is 23.4. The van der Waals surface area contributed by atoms with Crippen LogP contribution >= 0.6 is 0 Å². The quantitative estimate of drug-likeness (QED) is 0.489. The molecule has 0 spiro atoms. The van der Waals surface area contributed by atoms with E-state index in [0.717, 1.165) is 18.5 Å². The number of aromatic nitrogens is 4. The van der Waals surface area contributed by atoms with Crippen LogP contribution in [0.4, 0.5) is 11.6 Å². The minimum Gasteiger partial charge on any atom is -0.395 e. The van der Waals surface area contributed by atoms with Crippen LogP contribution in [0.15, 0.2) is 41.4 Å². The highest BCUT2D eigenvalue weighted by Gasteiger charge is 2.27. The van der Waals surface area contributed by atoms with Gasteiger partial charge in [0.05, 0.1) is 17.1 Å². The third-order valence-corrected chi connectivity index (χ3v) is 5.71. The highest BCUT2D eigenvalue weighted by atomic mass is 32.2. The Morgan fingerprint density at radius 1 is 1.33 bits per heavy atom. The van der Waals surface area contributed by atoms with Gasteiger partial charge < -0.3 is 10.0 Å². The predicted molar refractivity (Wildman–Crippen MR) is 111 cm³/mol. The predicted octanol–water partition coefficient (Wildman–Crippen LogP) is 1.50. The van der Waals surface area contributed by atoms with Crippen molar-refractivity contribution in [3.63, 3.8) is 0 Å². The lowest BCUT2D eigenvalue weighted by Crippen LogP contribution is -2.24. The third-order valence-electron chi connectivity index (χ3n) is 4.80. The van der Waals surface area contributed by atoms with Gasteiger partial charge in [-0.3, -0.25) is 5.10 Å². The zero-order chi connectivity index (χ0) is 21.3. The van der Waals surface area contributed by atoms with Gasteiger partial charge in [0.2, 0.25) is 10.0 Å². The molecule has 2 aromatic heterocycles. The Kier molecular flexibility index (Phi) is 5.26. The molecule has 0 unspecified atom stereocenters. The molecule has 30 heavy (non-hydrogen) atoms. The maximum Gasteiger partial charge on any atom is 0.238 e. The molecule has 0 aliphatic heterocycles. The zero-order valence-electron chi connectivity index (χ0n) is 16.0. The van der Waals surface area contributed by atoms with Crippen LogP contribution in [0.2, 0.25) is 0 Å². The first-order chi connectivity index (χ1) is 14.4. The Labute approximate surface area is 174 Å². The molecule has 3 aromatic rings. The average Bonchev–Trinajstić information content (AvgIpc) is 3.48. The maximum atomic E-state index is 11.7. The molecule has 1 saturated carbocycles. The molecule has 10 heteroatoms. The Morgan fingerprint density at radius 3 is 2.80 bits per heavy atom. The molecule has 0 atom stereocenters. The van der Waals surface area contributed by atoms with Crippen molar-refractivity contribution in [1.29, 1.82) is 0 Å². The number of nitrogens with zero attached hydrogens (tertiary/aromatic N) is 4. The normalized spacial score (nSPS) is 13.8. The molecule has 154 valence electrons. The number of aliphatic hydroxyl groups excluding tert-OH is 1. The lowest BCUT2D eigenvalue weighted by molar-refractivity contribution is 0.305. The van der Waals surface area contributed by atoms with Gasteiger partial charge in [-0.05, 0) is 25.0 Å². The Bertz CT molecular complexity index is 1230. The van der Waals surface area contributed by atoms with Crippen LogP contribution in [0.3, 0.4) is 0 Å². The van der Waals surface area contributed by atoms with E-state index >= 15 is 0 Å². The zero-order valence-corrected chi connectivity index (χ0v) is 16.8. The molecule has 0 radical (unpaired) electrons. The van der Waals surface area contributed by atoms with Gasteiger partial charge in [0.25, 0.3) is 0 Å². The number of aliphatic hydroxyl groups is 1. The summed E-state index contributed by atoms with van der Waals surface area (Å²) in [4.78, 5) is 10.5. The first-order valence-electron chi connectivity index (χ1n) is 9.31. The number of nitrogens with one attached hydrogen (secondary N) is 1. The lowest BCUT2D eigenvalue weighted by atomic mass is 10.2. The van der Waals surface area contributed by atoms with Crippen LogP contribution < -0.4 is 10.0 Å². The third kappa shape index (κ3) is 4.04. The van der Waals surface area contributed by atoms with Crippen LogP contribution in [0.1, 0.15) is 30.0 Å². The van der Waals surface area contributed by atoms with E-state index in [0.29, 0.717) is 28.7 Å². The van der Waals surface area contributed by atoms with Crippen molar-refractivity contribution in [3.8, 4) is 23.7 Å². The Balaban J connectivity index is 1.79. The highest BCUT2D eigenvalue weighted by molar-refractivity contribution is 7.89. The van der Waals surface area contributed by atoms with E-state index in [1.807, 2.05) is 6.07 Å². The fourth-order valence-corrected chi connectivity index (χ4v) is 3.69. The second-order valence-corrected chi connectivity index (χ2v) is 8.54. The van der Waals surface area contributed by atoms with E-state index < -0.39 is 10.0 Å². The van der Waals surface area contributed by atoms with Gasteiger partial charge in [-0.2, -0.15) is 5.10 Å². The maximum absolute atomic E-state index is 11.7. The molecule has 1 aromatic carbocycles. The van der Waals surface area contributed by atoms with Crippen molar-refractivity contribution in [2.24, 2.45) is 5.14 Å². The summed E-state index contributed by atoms with van der Waals surface area (Å²) in [6.07, 6.45) is 9.38. The van der Waals surface area contributed by atoms with E-state index in [1.165, 1.54) is 18.3 Å². The lowest BCUT2D eigenvalue weighted by Gasteiger charge is -2.21. The van der Waals surface area contributed by atoms with Gasteiger partial charge in [-0.1, -0.05) is 18.1 Å². The number of aromatic amines is 1. The molecule has 4 rings (SSSR count). The molecule has 9 nitrogen and oxygen atoms in total. The molecule has 1 aliphatic rings. The number of primary sulfonamides is 1. The van der Waals surface area contributed by atoms with Gasteiger partial charge in [-0.15, -0.1) is 6.42 Å². The topological polar surface area (TPSA) is 138 Å². The minimum absolute atomic E-state index is 0.0419. The van der Waals surface area contributed by atoms with Crippen molar-refractivity contribution in [1.82, 2.24) is 20.2 Å². The number of anilines is 2. The summed E-state index contributed by atoms with van der Waals surface area (Å²) in [5.74, 6) is 4.30. The molecule has 0 amide bonds. The van der Waals surface area contributed by atoms with Crippen LogP contribution in [-0.2, 0) is 10.0 Å². The molecular formula is C20H20N6O3S. The van der Waals surface area contributed by atoms with E-state index in [2.05, 4.69) is 26.1 Å². The first kappa shape index (κ1) is 20.0. The summed E-state index contributed by atoms with van der Waals surface area (Å²) >= 11 is 0. The highest BCUT2D eigenvalue weighted by Crippen LogP contribution is 2.40. The average molecular weight is 424 g/mol. The summed E-state index contributed by atoms with van der Waals surface area (Å²) in [6, 6.07) is 7.97. The molecule has 0 saturated heterocycles. The number of nitrogens with two attached hydrogens (primary N) is 1. The van der Waals surface area contributed by atoms with Gasteiger partial charge in [0.15, 0.2) is 17.5 Å². The van der Waals surface area contributed by atoms with Crippen LogP contribution in [0.5, 0.6) is 0 Å². The first-order valence-corrected chi connectivity index (χ1v) is 10.9. The van der Waals surface area contributed by atoms with Crippen LogP contribution in [0.25, 0.3) is 11.4 Å². The summed E-state index contributed by atoms with van der Waals surface area (Å²) in [5, 5.41) is 22.2. The standard InChI is InChI=1S/C20H20N6O3S/c1-2-13-12-22-19(15-4-3-5-16(10-15)30(21,28)29)23-20(13)26(8-9-27)18-11-17(24-25-18)14-6-7-14/h1,3-5,10-12,14,27H,6-9H2,(H,24,25)(H2,21,28,29). The Morgan fingerprint density at radius 2 is 2.13 bits per heavy atom. The van der Waals surface area contributed by atoms with Gasteiger partial charge >= 0.3 is 0 Å². The summed E-state index contributed by atoms with van der Waals surface area (Å²) in [7, 11) is -3.87. The molecular weight excluding hydrogens is 404 g/mol. The van der Waals surface area contributed by atoms with Crippen molar-refractivity contribution in [3.05, 3.63) is 47.8 Å².